The third-order valence-electron chi connectivity index (χ3n) is 3.21. The van der Waals surface area contributed by atoms with Gasteiger partial charge in [0.15, 0.2) is 0 Å². The van der Waals surface area contributed by atoms with Crippen molar-refractivity contribution in [1.82, 2.24) is 4.98 Å². The number of halogens is 1. The van der Waals surface area contributed by atoms with Gasteiger partial charge in [-0.3, -0.25) is 4.79 Å². The molecule has 3 rings (SSSR count). The molecule has 3 aromatic rings. The molecule has 0 unspecified atom stereocenters. The number of hydrogen-bond acceptors (Lipinski definition) is 2. The normalized spacial score (nSPS) is 9.71. The molecular weight excluding hydrogens is 364 g/mol. The molecule has 0 aliphatic carbocycles. The molecule has 0 saturated carbocycles. The van der Waals surface area contributed by atoms with Crippen molar-refractivity contribution in [2.75, 3.05) is 5.32 Å². The Morgan fingerprint density at radius 1 is 0.958 bits per heavy atom. The monoisotopic (exact) mass is 376 g/mol. The van der Waals surface area contributed by atoms with E-state index in [0.717, 1.165) is 10.0 Å². The van der Waals surface area contributed by atoms with E-state index in [9.17, 15) is 4.79 Å². The Bertz CT molecular complexity index is 927. The molecule has 0 aliphatic heterocycles. The smallest absolute Gasteiger partial charge is 0.255 e. The molecule has 1 heterocycles. The summed E-state index contributed by atoms with van der Waals surface area (Å²) in [5.74, 6) is 5.89. The van der Waals surface area contributed by atoms with Gasteiger partial charge in [0.05, 0.1) is 0 Å². The van der Waals surface area contributed by atoms with Crippen LogP contribution in [0.1, 0.15) is 21.6 Å². The zero-order valence-corrected chi connectivity index (χ0v) is 14.2. The topological polar surface area (TPSA) is 42.0 Å². The maximum Gasteiger partial charge on any atom is 0.255 e. The summed E-state index contributed by atoms with van der Waals surface area (Å²) < 4.78 is 0.866. The third-order valence-corrected chi connectivity index (χ3v) is 3.70. The van der Waals surface area contributed by atoms with Crippen molar-refractivity contribution in [3.63, 3.8) is 0 Å². The Hall–Kier alpha value is -2.90. The predicted octanol–water partition coefficient (Wildman–Crippen LogP) is 4.50. The fourth-order valence-electron chi connectivity index (χ4n) is 2.08. The SMILES string of the molecule is O=C(Nc1cccc(C#Cc2ccccn2)c1)c1cccc(Br)c1. The lowest BCUT2D eigenvalue weighted by molar-refractivity contribution is 0.102. The Morgan fingerprint density at radius 2 is 1.83 bits per heavy atom. The van der Waals surface area contributed by atoms with Crippen molar-refractivity contribution in [2.24, 2.45) is 0 Å². The summed E-state index contributed by atoms with van der Waals surface area (Å²) >= 11 is 3.37. The number of nitrogens with zero attached hydrogens (tertiary/aromatic N) is 1. The molecule has 0 radical (unpaired) electrons. The average Bonchev–Trinajstić information content (AvgIpc) is 2.61. The van der Waals surface area contributed by atoms with E-state index in [-0.39, 0.29) is 5.91 Å². The summed E-state index contributed by atoms with van der Waals surface area (Å²) in [4.78, 5) is 16.4. The summed E-state index contributed by atoms with van der Waals surface area (Å²) in [5.41, 5.74) is 2.82. The molecule has 1 aromatic heterocycles. The van der Waals surface area contributed by atoms with E-state index in [2.05, 4.69) is 38.1 Å². The fraction of sp³-hybridized carbons (Fsp3) is 0. The van der Waals surface area contributed by atoms with Crippen molar-refractivity contribution in [1.29, 1.82) is 0 Å². The first kappa shape index (κ1) is 16.0. The standard InChI is InChI=1S/C20H13BrN2O/c21-17-7-4-6-16(14-17)20(24)23-19-9-3-5-15(13-19)10-11-18-8-1-2-12-22-18/h1-9,12-14H,(H,23,24). The molecule has 24 heavy (non-hydrogen) atoms. The zero-order chi connectivity index (χ0) is 16.8. The van der Waals surface area contributed by atoms with Crippen molar-refractivity contribution in [3.8, 4) is 11.8 Å². The minimum absolute atomic E-state index is 0.161. The number of nitrogens with one attached hydrogen (secondary N) is 1. The van der Waals surface area contributed by atoms with Crippen molar-refractivity contribution in [3.05, 3.63) is 94.2 Å². The second-order valence-electron chi connectivity index (χ2n) is 5.01. The van der Waals surface area contributed by atoms with E-state index in [1.807, 2.05) is 54.6 Å². The molecule has 0 spiro atoms. The quantitative estimate of drug-likeness (QED) is 0.669. The number of aromatic nitrogens is 1. The molecule has 0 aliphatic rings. The van der Waals surface area contributed by atoms with Crippen LogP contribution in [0.2, 0.25) is 0 Å². The van der Waals surface area contributed by atoms with E-state index in [0.29, 0.717) is 16.9 Å². The van der Waals surface area contributed by atoms with Crippen LogP contribution < -0.4 is 5.32 Å². The summed E-state index contributed by atoms with van der Waals surface area (Å²) in [6.07, 6.45) is 1.71. The third kappa shape index (κ3) is 4.31. The number of amides is 1. The van der Waals surface area contributed by atoms with Crippen LogP contribution in [0, 0.1) is 11.8 Å². The zero-order valence-electron chi connectivity index (χ0n) is 12.7. The second kappa shape index (κ2) is 7.58. The first-order valence-electron chi connectivity index (χ1n) is 7.31. The lowest BCUT2D eigenvalue weighted by Crippen LogP contribution is -2.11. The van der Waals surface area contributed by atoms with Gasteiger partial charge in [-0.25, -0.2) is 4.98 Å². The van der Waals surface area contributed by atoms with Crippen LogP contribution in [0.3, 0.4) is 0 Å². The fourth-order valence-corrected chi connectivity index (χ4v) is 2.48. The van der Waals surface area contributed by atoms with Crippen molar-refractivity contribution in [2.45, 2.75) is 0 Å². The van der Waals surface area contributed by atoms with Crippen LogP contribution >= 0.6 is 15.9 Å². The Kier molecular flexibility index (Phi) is 5.05. The first-order chi connectivity index (χ1) is 11.7. The maximum atomic E-state index is 12.3. The van der Waals surface area contributed by atoms with Gasteiger partial charge in [0.25, 0.3) is 5.91 Å². The number of rotatable bonds is 2. The highest BCUT2D eigenvalue weighted by Gasteiger charge is 2.06. The van der Waals surface area contributed by atoms with Gasteiger partial charge in [-0.1, -0.05) is 40.0 Å². The molecule has 3 nitrogen and oxygen atoms in total. The predicted molar refractivity (Wildman–Crippen MR) is 98.8 cm³/mol. The minimum Gasteiger partial charge on any atom is -0.322 e. The number of hydrogen-bond donors (Lipinski definition) is 1. The molecule has 2 aromatic carbocycles. The highest BCUT2D eigenvalue weighted by Crippen LogP contribution is 2.15. The van der Waals surface area contributed by atoms with Gasteiger partial charge in [-0.2, -0.15) is 0 Å². The molecule has 0 atom stereocenters. The van der Waals surface area contributed by atoms with Crippen LogP contribution in [-0.2, 0) is 0 Å². The van der Waals surface area contributed by atoms with Crippen LogP contribution in [-0.4, -0.2) is 10.9 Å². The Balaban J connectivity index is 1.76. The molecule has 4 heteroatoms. The Morgan fingerprint density at radius 3 is 2.62 bits per heavy atom. The van der Waals surface area contributed by atoms with Crippen LogP contribution in [0.15, 0.2) is 77.4 Å². The van der Waals surface area contributed by atoms with Crippen molar-refractivity contribution < 1.29 is 4.79 Å². The molecule has 0 saturated heterocycles. The van der Waals surface area contributed by atoms with Gasteiger partial charge in [0.1, 0.15) is 5.69 Å². The van der Waals surface area contributed by atoms with Crippen LogP contribution in [0.25, 0.3) is 0 Å². The first-order valence-corrected chi connectivity index (χ1v) is 8.10. The van der Waals surface area contributed by atoms with E-state index >= 15 is 0 Å². The van der Waals surface area contributed by atoms with E-state index in [1.54, 1.807) is 18.3 Å². The molecule has 1 amide bonds. The van der Waals surface area contributed by atoms with Crippen LogP contribution in [0.5, 0.6) is 0 Å². The molecule has 0 fully saturated rings. The maximum absolute atomic E-state index is 12.3. The summed E-state index contributed by atoms with van der Waals surface area (Å²) in [6.45, 7) is 0. The van der Waals surface area contributed by atoms with E-state index in [4.69, 9.17) is 0 Å². The van der Waals surface area contributed by atoms with E-state index in [1.165, 1.54) is 0 Å². The number of anilines is 1. The molecule has 116 valence electrons. The Labute approximate surface area is 148 Å². The lowest BCUT2D eigenvalue weighted by Gasteiger charge is -2.06. The summed E-state index contributed by atoms with van der Waals surface area (Å²) in [5, 5.41) is 2.88. The van der Waals surface area contributed by atoms with Crippen LogP contribution in [0.4, 0.5) is 5.69 Å². The lowest BCUT2D eigenvalue weighted by atomic mass is 10.1. The average molecular weight is 377 g/mol. The largest absolute Gasteiger partial charge is 0.322 e. The van der Waals surface area contributed by atoms with E-state index < -0.39 is 0 Å². The number of benzene rings is 2. The summed E-state index contributed by atoms with van der Waals surface area (Å²) in [6, 6.07) is 20.3. The van der Waals surface area contributed by atoms with Crippen molar-refractivity contribution >= 4 is 27.5 Å². The summed E-state index contributed by atoms with van der Waals surface area (Å²) in [7, 11) is 0. The number of carbonyl (C=O) groups excluding carboxylic acids is 1. The van der Waals surface area contributed by atoms with Gasteiger partial charge in [0, 0.05) is 27.5 Å². The molecular formula is C20H13BrN2O. The highest BCUT2D eigenvalue weighted by atomic mass is 79.9. The van der Waals surface area contributed by atoms with Gasteiger partial charge >= 0.3 is 0 Å². The molecule has 1 N–H and O–H groups in total. The number of pyridine rings is 1. The second-order valence-corrected chi connectivity index (χ2v) is 5.93. The van der Waals surface area contributed by atoms with Gasteiger partial charge in [-0.15, -0.1) is 0 Å². The highest BCUT2D eigenvalue weighted by molar-refractivity contribution is 9.10. The van der Waals surface area contributed by atoms with Gasteiger partial charge in [-0.05, 0) is 54.5 Å². The van der Waals surface area contributed by atoms with Gasteiger partial charge in [0.2, 0.25) is 0 Å². The number of carbonyl (C=O) groups is 1. The molecule has 0 bridgehead atoms. The van der Waals surface area contributed by atoms with Gasteiger partial charge < -0.3 is 5.32 Å². The minimum atomic E-state index is -0.161.